The van der Waals surface area contributed by atoms with E-state index in [0.717, 1.165) is 0 Å². The maximum absolute atomic E-state index is 12.4. The van der Waals surface area contributed by atoms with Crippen molar-refractivity contribution in [1.82, 2.24) is 4.90 Å². The van der Waals surface area contributed by atoms with Crippen molar-refractivity contribution in [1.29, 1.82) is 0 Å². The Morgan fingerprint density at radius 3 is 2.38 bits per heavy atom. The topological polar surface area (TPSA) is 72.9 Å². The molecule has 136 valence electrons. The summed E-state index contributed by atoms with van der Waals surface area (Å²) < 4.78 is 0. The van der Waals surface area contributed by atoms with Gasteiger partial charge >= 0.3 is 11.8 Å². The lowest BCUT2D eigenvalue weighted by Gasteiger charge is -2.36. The van der Waals surface area contributed by atoms with Gasteiger partial charge in [0.05, 0.1) is 0 Å². The Kier molecular flexibility index (Phi) is 5.11. The Hall–Kier alpha value is -3.02. The van der Waals surface area contributed by atoms with Crippen molar-refractivity contribution < 1.29 is 14.7 Å². The molecule has 26 heavy (non-hydrogen) atoms. The quantitative estimate of drug-likeness (QED) is 0.813. The molecular weight excluding hydrogens is 330 g/mol. The number of amides is 2. The summed E-state index contributed by atoms with van der Waals surface area (Å²) in [5.41, 5.74) is 4.07. The number of carbonyl (C=O) groups excluding carboxylic acids is 2. The van der Waals surface area contributed by atoms with E-state index in [0.29, 0.717) is 31.9 Å². The molecule has 1 aliphatic heterocycles. The van der Waals surface area contributed by atoms with Gasteiger partial charge in [0.15, 0.2) is 0 Å². The van der Waals surface area contributed by atoms with Gasteiger partial charge in [0.25, 0.3) is 0 Å². The van der Waals surface area contributed by atoms with E-state index in [-0.39, 0.29) is 5.75 Å². The highest BCUT2D eigenvalue weighted by atomic mass is 16.3. The largest absolute Gasteiger partial charge is 0.508 e. The van der Waals surface area contributed by atoms with Crippen LogP contribution in [0.4, 0.5) is 11.4 Å². The summed E-state index contributed by atoms with van der Waals surface area (Å²) in [4.78, 5) is 28.4. The van der Waals surface area contributed by atoms with Gasteiger partial charge in [0.1, 0.15) is 5.75 Å². The number of anilines is 2. The Balaban J connectivity index is 1.59. The number of rotatable bonds is 2. The number of piperazine rings is 1. The maximum Gasteiger partial charge on any atom is 0.313 e. The maximum atomic E-state index is 12.4. The molecule has 0 bridgehead atoms. The lowest BCUT2D eigenvalue weighted by atomic mass is 10.1. The number of phenolic OH excluding ortho intramolecular Hbond substituents is 1. The van der Waals surface area contributed by atoms with Crippen LogP contribution in [0.5, 0.6) is 5.75 Å². The van der Waals surface area contributed by atoms with Gasteiger partial charge in [0.2, 0.25) is 0 Å². The van der Waals surface area contributed by atoms with Gasteiger partial charge in [0, 0.05) is 43.6 Å². The van der Waals surface area contributed by atoms with E-state index in [9.17, 15) is 14.7 Å². The fraction of sp³-hybridized carbons (Fsp3) is 0.300. The second-order valence-corrected chi connectivity index (χ2v) is 6.50. The molecule has 3 rings (SSSR count). The van der Waals surface area contributed by atoms with Crippen molar-refractivity contribution in [3.8, 4) is 5.75 Å². The molecule has 2 amide bonds. The fourth-order valence-corrected chi connectivity index (χ4v) is 3.14. The fourth-order valence-electron chi connectivity index (χ4n) is 3.14. The number of carbonyl (C=O) groups is 2. The normalized spacial score (nSPS) is 14.2. The molecule has 1 saturated heterocycles. The summed E-state index contributed by atoms with van der Waals surface area (Å²) in [5, 5.41) is 12.0. The molecule has 0 radical (unpaired) electrons. The molecule has 0 spiro atoms. The second kappa shape index (κ2) is 7.47. The molecule has 6 heteroatoms. The summed E-state index contributed by atoms with van der Waals surface area (Å²) in [6, 6.07) is 12.4. The number of phenols is 1. The number of nitrogens with one attached hydrogen (secondary N) is 1. The number of nitrogens with zero attached hydrogens (tertiary/aromatic N) is 2. The minimum atomic E-state index is -0.684. The van der Waals surface area contributed by atoms with E-state index in [1.165, 1.54) is 28.9 Å². The van der Waals surface area contributed by atoms with Crippen LogP contribution in [0.1, 0.15) is 11.1 Å². The average Bonchev–Trinajstić information content (AvgIpc) is 2.63. The van der Waals surface area contributed by atoms with Gasteiger partial charge < -0.3 is 20.2 Å². The van der Waals surface area contributed by atoms with E-state index in [1.807, 2.05) is 6.07 Å². The highest BCUT2D eigenvalue weighted by molar-refractivity contribution is 6.39. The molecule has 1 aliphatic rings. The third kappa shape index (κ3) is 3.79. The van der Waals surface area contributed by atoms with Crippen molar-refractivity contribution in [2.75, 3.05) is 36.4 Å². The molecule has 0 aromatic heterocycles. The van der Waals surface area contributed by atoms with Crippen LogP contribution in [0, 0.1) is 13.8 Å². The number of aromatic hydroxyl groups is 1. The molecular formula is C20H23N3O3. The van der Waals surface area contributed by atoms with E-state index >= 15 is 0 Å². The third-order valence-electron chi connectivity index (χ3n) is 4.78. The summed E-state index contributed by atoms with van der Waals surface area (Å²) in [7, 11) is 0. The third-order valence-corrected chi connectivity index (χ3v) is 4.78. The minimum Gasteiger partial charge on any atom is -0.508 e. The Bertz CT molecular complexity index is 827. The van der Waals surface area contributed by atoms with Crippen LogP contribution < -0.4 is 10.2 Å². The van der Waals surface area contributed by atoms with E-state index in [4.69, 9.17) is 0 Å². The average molecular weight is 353 g/mol. The first-order valence-corrected chi connectivity index (χ1v) is 8.66. The molecule has 2 aromatic carbocycles. The van der Waals surface area contributed by atoms with Gasteiger partial charge in [-0.05, 0) is 43.2 Å². The first-order valence-electron chi connectivity index (χ1n) is 8.66. The number of aryl methyl sites for hydroxylation is 1. The molecule has 2 aromatic rings. The van der Waals surface area contributed by atoms with Crippen molar-refractivity contribution in [3.05, 3.63) is 53.6 Å². The highest BCUT2D eigenvalue weighted by Gasteiger charge is 2.26. The van der Waals surface area contributed by atoms with Gasteiger partial charge in [-0.15, -0.1) is 0 Å². The molecule has 1 heterocycles. The monoisotopic (exact) mass is 353 g/mol. The second-order valence-electron chi connectivity index (χ2n) is 6.50. The van der Waals surface area contributed by atoms with E-state index in [2.05, 4.69) is 36.2 Å². The summed E-state index contributed by atoms with van der Waals surface area (Å²) in [6.07, 6.45) is 0. The lowest BCUT2D eigenvalue weighted by molar-refractivity contribution is -0.143. The van der Waals surface area contributed by atoms with Crippen LogP contribution in [0.25, 0.3) is 0 Å². The van der Waals surface area contributed by atoms with Gasteiger partial charge in [-0.2, -0.15) is 0 Å². The predicted octanol–water partition coefficient (Wildman–Crippen LogP) is 2.30. The van der Waals surface area contributed by atoms with Crippen LogP contribution in [-0.2, 0) is 9.59 Å². The zero-order valence-corrected chi connectivity index (χ0v) is 15.0. The Morgan fingerprint density at radius 2 is 1.69 bits per heavy atom. The number of hydrogen-bond acceptors (Lipinski definition) is 4. The van der Waals surface area contributed by atoms with Gasteiger partial charge in [-0.3, -0.25) is 9.59 Å². The molecule has 1 fully saturated rings. The number of hydrogen-bond donors (Lipinski definition) is 2. The van der Waals surface area contributed by atoms with Crippen molar-refractivity contribution in [2.45, 2.75) is 13.8 Å². The first kappa shape index (κ1) is 17.8. The standard InChI is InChI=1S/C20H23N3O3/c1-14-5-3-8-18(15(14)2)22-9-11-23(12-10-22)20(26)19(25)21-16-6-4-7-17(24)13-16/h3-8,13,24H,9-12H2,1-2H3,(H,21,25). The zero-order valence-electron chi connectivity index (χ0n) is 15.0. The Morgan fingerprint density at radius 1 is 1.00 bits per heavy atom. The predicted molar refractivity (Wildman–Crippen MR) is 101 cm³/mol. The van der Waals surface area contributed by atoms with Crippen LogP contribution in [0.15, 0.2) is 42.5 Å². The van der Waals surface area contributed by atoms with Crippen LogP contribution in [0.3, 0.4) is 0 Å². The zero-order chi connectivity index (χ0) is 18.7. The molecule has 0 aliphatic carbocycles. The Labute approximate surface area is 153 Å². The SMILES string of the molecule is Cc1cccc(N2CCN(C(=O)C(=O)Nc3cccc(O)c3)CC2)c1C. The van der Waals surface area contributed by atoms with Crippen LogP contribution >= 0.6 is 0 Å². The van der Waals surface area contributed by atoms with Gasteiger partial charge in [-0.25, -0.2) is 0 Å². The summed E-state index contributed by atoms with van der Waals surface area (Å²) >= 11 is 0. The van der Waals surface area contributed by atoms with Crippen molar-refractivity contribution in [3.63, 3.8) is 0 Å². The summed E-state index contributed by atoms with van der Waals surface area (Å²) in [5.74, 6) is -1.19. The van der Waals surface area contributed by atoms with Crippen molar-refractivity contribution in [2.24, 2.45) is 0 Å². The molecule has 0 atom stereocenters. The summed E-state index contributed by atoms with van der Waals surface area (Å²) in [6.45, 7) is 6.57. The molecule has 2 N–H and O–H groups in total. The number of benzene rings is 2. The van der Waals surface area contributed by atoms with E-state index in [1.54, 1.807) is 17.0 Å². The van der Waals surface area contributed by atoms with Crippen LogP contribution in [-0.4, -0.2) is 48.0 Å². The molecule has 6 nitrogen and oxygen atoms in total. The molecule has 0 saturated carbocycles. The minimum absolute atomic E-state index is 0.0392. The lowest BCUT2D eigenvalue weighted by Crippen LogP contribution is -2.51. The van der Waals surface area contributed by atoms with E-state index < -0.39 is 11.8 Å². The van der Waals surface area contributed by atoms with Crippen LogP contribution in [0.2, 0.25) is 0 Å². The van der Waals surface area contributed by atoms with Gasteiger partial charge in [-0.1, -0.05) is 18.2 Å². The first-order chi connectivity index (χ1) is 12.5. The highest BCUT2D eigenvalue weighted by Crippen LogP contribution is 2.24. The molecule has 0 unspecified atom stereocenters. The van der Waals surface area contributed by atoms with Crippen molar-refractivity contribution >= 4 is 23.2 Å². The smallest absolute Gasteiger partial charge is 0.313 e.